The molecule has 0 aromatic heterocycles. The minimum Gasteiger partial charge on any atom is -0.310 e. The van der Waals surface area contributed by atoms with Crippen LogP contribution in [0.2, 0.25) is 0 Å². The van der Waals surface area contributed by atoms with Crippen LogP contribution in [0.15, 0.2) is 17.0 Å². The third-order valence-electron chi connectivity index (χ3n) is 3.07. The zero-order chi connectivity index (χ0) is 12.4. The van der Waals surface area contributed by atoms with Gasteiger partial charge < -0.3 is 5.32 Å². The van der Waals surface area contributed by atoms with E-state index in [1.807, 2.05) is 0 Å². The second-order valence-corrected chi connectivity index (χ2v) is 5.59. The summed E-state index contributed by atoms with van der Waals surface area (Å²) in [6.07, 6.45) is 1.04. The summed E-state index contributed by atoms with van der Waals surface area (Å²) in [7, 11) is 0. The largest absolute Gasteiger partial charge is 0.310 e. The molecule has 1 heterocycles. The topological polar surface area (TPSA) is 12.0 Å². The van der Waals surface area contributed by atoms with Crippen molar-refractivity contribution >= 4 is 11.8 Å². The molecule has 4 heteroatoms. The van der Waals surface area contributed by atoms with Crippen LogP contribution < -0.4 is 5.32 Å². The van der Waals surface area contributed by atoms with Gasteiger partial charge in [-0.2, -0.15) is 0 Å². The molecule has 0 fully saturated rings. The molecule has 1 N–H and O–H groups in total. The normalized spacial score (nSPS) is 23.5. The van der Waals surface area contributed by atoms with Gasteiger partial charge in [0.15, 0.2) is 11.6 Å². The van der Waals surface area contributed by atoms with E-state index in [4.69, 9.17) is 0 Å². The molecule has 0 saturated heterocycles. The van der Waals surface area contributed by atoms with Crippen molar-refractivity contribution in [2.75, 3.05) is 12.3 Å². The highest BCUT2D eigenvalue weighted by Crippen LogP contribution is 2.40. The van der Waals surface area contributed by atoms with Crippen LogP contribution in [0.1, 0.15) is 31.9 Å². The van der Waals surface area contributed by atoms with E-state index < -0.39 is 11.6 Å². The molecule has 1 aliphatic heterocycles. The van der Waals surface area contributed by atoms with E-state index in [9.17, 15) is 8.78 Å². The standard InChI is InChI=1S/C13H17F2NS/c1-3-4-16-13-8(2)7-17-12-6-11(15)10(14)5-9(12)13/h5-6,8,13,16H,3-4,7H2,1-2H3. The lowest BCUT2D eigenvalue weighted by molar-refractivity contribution is 0.401. The van der Waals surface area contributed by atoms with Gasteiger partial charge in [-0.25, -0.2) is 8.78 Å². The highest BCUT2D eigenvalue weighted by Gasteiger charge is 2.27. The molecule has 1 aromatic rings. The molecule has 1 aromatic carbocycles. The van der Waals surface area contributed by atoms with Gasteiger partial charge in [0.05, 0.1) is 0 Å². The molecule has 1 nitrogen and oxygen atoms in total. The SMILES string of the molecule is CCCNC1c2cc(F)c(F)cc2SCC1C. The fourth-order valence-corrected chi connectivity index (χ4v) is 3.32. The first-order valence-electron chi connectivity index (χ1n) is 5.98. The minimum atomic E-state index is -0.750. The van der Waals surface area contributed by atoms with Gasteiger partial charge in [0.25, 0.3) is 0 Å². The molecule has 0 radical (unpaired) electrons. The second-order valence-electron chi connectivity index (χ2n) is 4.52. The Hall–Kier alpha value is -0.610. The zero-order valence-electron chi connectivity index (χ0n) is 10.1. The van der Waals surface area contributed by atoms with Gasteiger partial charge in [0, 0.05) is 16.7 Å². The minimum absolute atomic E-state index is 0.140. The van der Waals surface area contributed by atoms with Crippen LogP contribution in [0, 0.1) is 17.6 Å². The molecule has 0 amide bonds. The predicted molar refractivity (Wildman–Crippen MR) is 67.3 cm³/mol. The summed E-state index contributed by atoms with van der Waals surface area (Å²) in [6, 6.07) is 2.81. The smallest absolute Gasteiger partial charge is 0.159 e. The summed E-state index contributed by atoms with van der Waals surface area (Å²) < 4.78 is 26.5. The number of fused-ring (bicyclic) bond motifs is 1. The van der Waals surface area contributed by atoms with Crippen molar-refractivity contribution in [3.8, 4) is 0 Å². The Labute approximate surface area is 105 Å². The second kappa shape index (κ2) is 5.36. The number of thioether (sulfide) groups is 1. The summed E-state index contributed by atoms with van der Waals surface area (Å²) in [5, 5.41) is 3.42. The molecule has 17 heavy (non-hydrogen) atoms. The van der Waals surface area contributed by atoms with Gasteiger partial charge in [-0.1, -0.05) is 13.8 Å². The van der Waals surface area contributed by atoms with E-state index in [1.165, 1.54) is 12.1 Å². The van der Waals surface area contributed by atoms with Gasteiger partial charge >= 0.3 is 0 Å². The molecule has 2 unspecified atom stereocenters. The van der Waals surface area contributed by atoms with Crippen molar-refractivity contribution in [1.82, 2.24) is 5.32 Å². The van der Waals surface area contributed by atoms with E-state index in [-0.39, 0.29) is 6.04 Å². The lowest BCUT2D eigenvalue weighted by Crippen LogP contribution is -2.31. The average molecular weight is 257 g/mol. The predicted octanol–water partition coefficient (Wildman–Crippen LogP) is 3.75. The molecule has 0 spiro atoms. The lowest BCUT2D eigenvalue weighted by atomic mass is 9.95. The first-order chi connectivity index (χ1) is 8.13. The Kier molecular flexibility index (Phi) is 4.05. The van der Waals surface area contributed by atoms with E-state index in [0.717, 1.165) is 29.2 Å². The molecule has 0 bridgehead atoms. The van der Waals surface area contributed by atoms with Crippen molar-refractivity contribution in [1.29, 1.82) is 0 Å². The van der Waals surface area contributed by atoms with Crippen molar-refractivity contribution < 1.29 is 8.78 Å². The highest BCUT2D eigenvalue weighted by molar-refractivity contribution is 7.99. The number of halogens is 2. The molecule has 0 aliphatic carbocycles. The van der Waals surface area contributed by atoms with Crippen molar-refractivity contribution in [3.05, 3.63) is 29.3 Å². The van der Waals surface area contributed by atoms with E-state index in [1.54, 1.807) is 11.8 Å². The Balaban J connectivity index is 2.33. The zero-order valence-corrected chi connectivity index (χ0v) is 10.9. The fourth-order valence-electron chi connectivity index (χ4n) is 2.15. The molecule has 1 aliphatic rings. The van der Waals surface area contributed by atoms with Crippen LogP contribution >= 0.6 is 11.8 Å². The highest BCUT2D eigenvalue weighted by atomic mass is 32.2. The first-order valence-corrected chi connectivity index (χ1v) is 6.97. The molecule has 0 saturated carbocycles. The third-order valence-corrected chi connectivity index (χ3v) is 4.43. The summed E-state index contributed by atoms with van der Waals surface area (Å²) in [5.74, 6) is -0.120. The Morgan fingerprint density at radius 3 is 2.76 bits per heavy atom. The number of benzene rings is 1. The lowest BCUT2D eigenvalue weighted by Gasteiger charge is -2.31. The molecular formula is C13H17F2NS. The maximum Gasteiger partial charge on any atom is 0.159 e. The van der Waals surface area contributed by atoms with Gasteiger partial charge in [-0.3, -0.25) is 0 Å². The number of hydrogen-bond donors (Lipinski definition) is 1. The number of rotatable bonds is 3. The Morgan fingerprint density at radius 1 is 1.35 bits per heavy atom. The molecule has 94 valence electrons. The summed E-state index contributed by atoms with van der Waals surface area (Å²) in [6.45, 7) is 5.14. The summed E-state index contributed by atoms with van der Waals surface area (Å²) in [4.78, 5) is 0.871. The summed E-state index contributed by atoms with van der Waals surface area (Å²) >= 11 is 1.61. The van der Waals surface area contributed by atoms with Crippen molar-refractivity contribution in [3.63, 3.8) is 0 Å². The van der Waals surface area contributed by atoms with Crippen LogP contribution in [-0.2, 0) is 0 Å². The van der Waals surface area contributed by atoms with E-state index in [2.05, 4.69) is 19.2 Å². The number of hydrogen-bond acceptors (Lipinski definition) is 2. The maximum atomic E-state index is 13.3. The van der Waals surface area contributed by atoms with Crippen LogP contribution in [-0.4, -0.2) is 12.3 Å². The van der Waals surface area contributed by atoms with Gasteiger partial charge in [-0.05, 0) is 36.6 Å². The Bertz CT molecular complexity index is 409. The summed E-state index contributed by atoms with van der Waals surface area (Å²) in [5.41, 5.74) is 0.904. The quantitative estimate of drug-likeness (QED) is 0.885. The van der Waals surface area contributed by atoms with Gasteiger partial charge in [0.2, 0.25) is 0 Å². The number of nitrogens with one attached hydrogen (secondary N) is 1. The average Bonchev–Trinajstić information content (AvgIpc) is 2.30. The van der Waals surface area contributed by atoms with Crippen LogP contribution in [0.4, 0.5) is 8.78 Å². The maximum absolute atomic E-state index is 13.3. The molecule has 2 rings (SSSR count). The van der Waals surface area contributed by atoms with E-state index >= 15 is 0 Å². The van der Waals surface area contributed by atoms with Crippen molar-refractivity contribution in [2.24, 2.45) is 5.92 Å². The molecular weight excluding hydrogens is 240 g/mol. The molecule has 2 atom stereocenters. The Morgan fingerprint density at radius 2 is 2.06 bits per heavy atom. The fraction of sp³-hybridized carbons (Fsp3) is 0.538. The monoisotopic (exact) mass is 257 g/mol. The van der Waals surface area contributed by atoms with Crippen LogP contribution in [0.3, 0.4) is 0 Å². The van der Waals surface area contributed by atoms with Gasteiger partial charge in [-0.15, -0.1) is 11.8 Å². The van der Waals surface area contributed by atoms with Gasteiger partial charge in [0.1, 0.15) is 0 Å². The van der Waals surface area contributed by atoms with Crippen LogP contribution in [0.25, 0.3) is 0 Å². The third kappa shape index (κ3) is 2.63. The first kappa shape index (κ1) is 12.8. The van der Waals surface area contributed by atoms with Crippen molar-refractivity contribution in [2.45, 2.75) is 31.2 Å². The van der Waals surface area contributed by atoms with E-state index in [0.29, 0.717) is 5.92 Å². The van der Waals surface area contributed by atoms with Crippen LogP contribution in [0.5, 0.6) is 0 Å².